The Balaban J connectivity index is 3.17. The van der Waals surface area contributed by atoms with Gasteiger partial charge in [-0.3, -0.25) is 4.79 Å². The van der Waals surface area contributed by atoms with Gasteiger partial charge in [0.15, 0.2) is 11.5 Å². The Morgan fingerprint density at radius 2 is 2.00 bits per heavy atom. The number of nitrogens with zero attached hydrogens (tertiary/aromatic N) is 1. The van der Waals surface area contributed by atoms with E-state index < -0.39 is 11.8 Å². The Labute approximate surface area is 93.4 Å². The number of carbonyl (C=O) groups is 1. The van der Waals surface area contributed by atoms with Crippen molar-refractivity contribution >= 4 is 5.91 Å². The van der Waals surface area contributed by atoms with Crippen molar-refractivity contribution in [3.63, 3.8) is 0 Å². The van der Waals surface area contributed by atoms with Crippen molar-refractivity contribution < 1.29 is 14.3 Å². The summed E-state index contributed by atoms with van der Waals surface area (Å²) in [5, 5.41) is 8.82. The van der Waals surface area contributed by atoms with Gasteiger partial charge in [0.1, 0.15) is 5.92 Å². The summed E-state index contributed by atoms with van der Waals surface area (Å²) in [4.78, 5) is 11.0. The third-order valence-electron chi connectivity index (χ3n) is 2.15. The predicted octanol–water partition coefficient (Wildman–Crippen LogP) is 0.796. The van der Waals surface area contributed by atoms with E-state index in [9.17, 15) is 4.79 Å². The molecule has 0 saturated heterocycles. The smallest absolute Gasteiger partial charge is 0.239 e. The van der Waals surface area contributed by atoms with Crippen LogP contribution in [0.25, 0.3) is 0 Å². The summed E-state index contributed by atoms with van der Waals surface area (Å²) in [6.45, 7) is 0. The number of amides is 1. The van der Waals surface area contributed by atoms with Crippen LogP contribution in [0.5, 0.6) is 11.5 Å². The Kier molecular flexibility index (Phi) is 3.72. The number of carbonyl (C=O) groups excluding carboxylic acids is 1. The number of nitriles is 1. The topological polar surface area (TPSA) is 85.3 Å². The molecule has 0 aliphatic rings. The molecule has 0 bridgehead atoms. The van der Waals surface area contributed by atoms with Crippen molar-refractivity contribution in [1.29, 1.82) is 5.26 Å². The van der Waals surface area contributed by atoms with Crippen LogP contribution >= 0.6 is 0 Å². The van der Waals surface area contributed by atoms with Crippen LogP contribution in [0.4, 0.5) is 0 Å². The summed E-state index contributed by atoms with van der Waals surface area (Å²) in [6, 6.07) is 6.64. The lowest BCUT2D eigenvalue weighted by Gasteiger charge is -2.10. The summed E-state index contributed by atoms with van der Waals surface area (Å²) >= 11 is 0. The van der Waals surface area contributed by atoms with Gasteiger partial charge in [-0.25, -0.2) is 0 Å². The molecule has 1 unspecified atom stereocenters. The number of rotatable bonds is 4. The molecule has 0 radical (unpaired) electrons. The van der Waals surface area contributed by atoms with E-state index in [1.165, 1.54) is 14.2 Å². The average molecular weight is 220 g/mol. The minimum atomic E-state index is -0.972. The van der Waals surface area contributed by atoms with E-state index in [0.717, 1.165) is 0 Å². The molecule has 16 heavy (non-hydrogen) atoms. The van der Waals surface area contributed by atoms with E-state index in [4.69, 9.17) is 20.5 Å². The molecular weight excluding hydrogens is 208 g/mol. The monoisotopic (exact) mass is 220 g/mol. The van der Waals surface area contributed by atoms with Crippen LogP contribution in [0.15, 0.2) is 18.2 Å². The molecule has 0 aromatic heterocycles. The second kappa shape index (κ2) is 5.03. The predicted molar refractivity (Wildman–Crippen MR) is 57.1 cm³/mol. The molecule has 1 aromatic carbocycles. The van der Waals surface area contributed by atoms with Gasteiger partial charge in [-0.1, -0.05) is 6.07 Å². The van der Waals surface area contributed by atoms with Gasteiger partial charge >= 0.3 is 0 Å². The highest BCUT2D eigenvalue weighted by Crippen LogP contribution is 2.30. The first-order valence-electron chi connectivity index (χ1n) is 4.55. The van der Waals surface area contributed by atoms with E-state index in [1.54, 1.807) is 18.2 Å². The Morgan fingerprint density at radius 3 is 2.44 bits per heavy atom. The molecule has 0 fully saturated rings. The minimum Gasteiger partial charge on any atom is -0.493 e. The quantitative estimate of drug-likeness (QED) is 0.813. The van der Waals surface area contributed by atoms with Crippen molar-refractivity contribution in [3.05, 3.63) is 23.8 Å². The molecule has 84 valence electrons. The maximum absolute atomic E-state index is 11.0. The summed E-state index contributed by atoms with van der Waals surface area (Å²) in [5.74, 6) is -0.663. The fraction of sp³-hybridized carbons (Fsp3) is 0.273. The third kappa shape index (κ3) is 2.23. The highest BCUT2D eigenvalue weighted by atomic mass is 16.5. The molecule has 1 rings (SSSR count). The van der Waals surface area contributed by atoms with Gasteiger partial charge in [0.25, 0.3) is 0 Å². The molecule has 0 aliphatic carbocycles. The Morgan fingerprint density at radius 1 is 1.38 bits per heavy atom. The van der Waals surface area contributed by atoms with Crippen LogP contribution in [0.3, 0.4) is 0 Å². The van der Waals surface area contributed by atoms with Crippen LogP contribution < -0.4 is 15.2 Å². The molecular formula is C11H12N2O3. The summed E-state index contributed by atoms with van der Waals surface area (Å²) in [6.07, 6.45) is 0. The number of nitrogens with two attached hydrogens (primary N) is 1. The number of hydrogen-bond acceptors (Lipinski definition) is 4. The van der Waals surface area contributed by atoms with E-state index in [2.05, 4.69) is 0 Å². The van der Waals surface area contributed by atoms with E-state index in [1.807, 2.05) is 6.07 Å². The van der Waals surface area contributed by atoms with Crippen LogP contribution in [0, 0.1) is 11.3 Å². The van der Waals surface area contributed by atoms with Crippen molar-refractivity contribution in [3.8, 4) is 17.6 Å². The fourth-order valence-electron chi connectivity index (χ4n) is 1.33. The lowest BCUT2D eigenvalue weighted by Crippen LogP contribution is -2.20. The fourth-order valence-corrected chi connectivity index (χ4v) is 1.33. The second-order valence-corrected chi connectivity index (χ2v) is 3.08. The van der Waals surface area contributed by atoms with Crippen molar-refractivity contribution in [2.75, 3.05) is 14.2 Å². The van der Waals surface area contributed by atoms with Gasteiger partial charge in [0.05, 0.1) is 20.3 Å². The zero-order valence-corrected chi connectivity index (χ0v) is 9.06. The zero-order valence-electron chi connectivity index (χ0n) is 9.06. The Hall–Kier alpha value is -2.22. The SMILES string of the molecule is COc1ccc(C(C#N)C(N)=O)cc1OC. The van der Waals surface area contributed by atoms with Crippen molar-refractivity contribution in [2.45, 2.75) is 5.92 Å². The Bertz CT molecular complexity index is 437. The average Bonchev–Trinajstić information content (AvgIpc) is 2.29. The molecule has 0 saturated carbocycles. The largest absolute Gasteiger partial charge is 0.493 e. The summed E-state index contributed by atoms with van der Waals surface area (Å²) in [7, 11) is 2.99. The maximum Gasteiger partial charge on any atom is 0.239 e. The maximum atomic E-state index is 11.0. The number of ether oxygens (including phenoxy) is 2. The van der Waals surface area contributed by atoms with Crippen LogP contribution in [-0.4, -0.2) is 20.1 Å². The van der Waals surface area contributed by atoms with Crippen LogP contribution in [-0.2, 0) is 4.79 Å². The zero-order chi connectivity index (χ0) is 12.1. The first-order chi connectivity index (χ1) is 7.63. The molecule has 5 heteroatoms. The normalized spacial score (nSPS) is 11.3. The lowest BCUT2D eigenvalue weighted by atomic mass is 10.00. The highest BCUT2D eigenvalue weighted by molar-refractivity contribution is 5.85. The molecule has 0 spiro atoms. The highest BCUT2D eigenvalue weighted by Gasteiger charge is 2.18. The van der Waals surface area contributed by atoms with Crippen LogP contribution in [0.2, 0.25) is 0 Å². The van der Waals surface area contributed by atoms with Gasteiger partial charge in [0.2, 0.25) is 5.91 Å². The van der Waals surface area contributed by atoms with Crippen molar-refractivity contribution in [2.24, 2.45) is 5.73 Å². The van der Waals surface area contributed by atoms with E-state index >= 15 is 0 Å². The van der Waals surface area contributed by atoms with Gasteiger partial charge in [-0.15, -0.1) is 0 Å². The molecule has 1 aromatic rings. The van der Waals surface area contributed by atoms with E-state index in [0.29, 0.717) is 17.1 Å². The second-order valence-electron chi connectivity index (χ2n) is 3.08. The first-order valence-corrected chi connectivity index (χ1v) is 4.55. The van der Waals surface area contributed by atoms with Gasteiger partial charge in [-0.2, -0.15) is 5.26 Å². The molecule has 1 amide bonds. The van der Waals surface area contributed by atoms with Crippen molar-refractivity contribution in [1.82, 2.24) is 0 Å². The number of methoxy groups -OCH3 is 2. The molecule has 1 atom stereocenters. The number of benzene rings is 1. The molecule has 2 N–H and O–H groups in total. The van der Waals surface area contributed by atoms with Gasteiger partial charge in [0, 0.05) is 0 Å². The van der Waals surface area contributed by atoms with Gasteiger partial charge < -0.3 is 15.2 Å². The lowest BCUT2D eigenvalue weighted by molar-refractivity contribution is -0.118. The summed E-state index contributed by atoms with van der Waals surface area (Å²) < 4.78 is 10.1. The third-order valence-corrected chi connectivity index (χ3v) is 2.15. The van der Waals surface area contributed by atoms with Gasteiger partial charge in [-0.05, 0) is 17.7 Å². The first kappa shape index (κ1) is 11.9. The number of primary amides is 1. The molecule has 0 aliphatic heterocycles. The summed E-state index contributed by atoms with van der Waals surface area (Å²) in [5.41, 5.74) is 5.60. The standard InChI is InChI=1S/C11H12N2O3/c1-15-9-4-3-7(5-10(9)16-2)8(6-12)11(13)14/h3-5,8H,1-2H3,(H2,13,14). The molecule has 0 heterocycles. The minimum absolute atomic E-state index is 0.460. The van der Waals surface area contributed by atoms with E-state index in [-0.39, 0.29) is 0 Å². The van der Waals surface area contributed by atoms with Crippen LogP contribution in [0.1, 0.15) is 11.5 Å². The molecule has 5 nitrogen and oxygen atoms in total. The number of hydrogen-bond donors (Lipinski definition) is 1.